The molecule has 0 saturated heterocycles. The summed E-state index contributed by atoms with van der Waals surface area (Å²) in [6.45, 7) is 0. The summed E-state index contributed by atoms with van der Waals surface area (Å²) in [5.74, 6) is 0.114. The van der Waals surface area contributed by atoms with Crippen LogP contribution in [-0.2, 0) is 17.4 Å². The van der Waals surface area contributed by atoms with Gasteiger partial charge in [-0.05, 0) is 43.0 Å². The van der Waals surface area contributed by atoms with Crippen LogP contribution in [0.4, 0.5) is 13.2 Å². The second-order valence-electron chi connectivity index (χ2n) is 4.49. The summed E-state index contributed by atoms with van der Waals surface area (Å²) in [6, 6.07) is 5.12. The van der Waals surface area contributed by atoms with Crippen LogP contribution in [0.1, 0.15) is 30.4 Å². The molecule has 0 N–H and O–H groups in total. The number of ketones is 1. The van der Waals surface area contributed by atoms with Gasteiger partial charge in [-0.15, -0.1) is 0 Å². The van der Waals surface area contributed by atoms with E-state index >= 15 is 0 Å². The van der Waals surface area contributed by atoms with Crippen LogP contribution in [0.3, 0.4) is 0 Å². The highest BCUT2D eigenvalue weighted by atomic mass is 19.4. The number of hydrogen-bond donors (Lipinski definition) is 0. The van der Waals surface area contributed by atoms with Crippen LogP contribution in [-0.4, -0.2) is 5.78 Å². The molecule has 0 spiro atoms. The zero-order valence-corrected chi connectivity index (χ0v) is 9.76. The van der Waals surface area contributed by atoms with Crippen LogP contribution < -0.4 is 0 Å². The molecule has 0 aromatic heterocycles. The van der Waals surface area contributed by atoms with E-state index in [1.807, 2.05) is 0 Å². The van der Waals surface area contributed by atoms with Gasteiger partial charge in [-0.3, -0.25) is 4.79 Å². The molecule has 0 unspecified atom stereocenters. The summed E-state index contributed by atoms with van der Waals surface area (Å²) in [5, 5.41) is 0. The summed E-state index contributed by atoms with van der Waals surface area (Å²) in [7, 11) is 0. The number of alkyl halides is 3. The maximum Gasteiger partial charge on any atom is 0.416 e. The molecule has 1 aromatic rings. The molecular weight excluding hydrogens is 241 g/mol. The minimum Gasteiger partial charge on any atom is -0.295 e. The van der Waals surface area contributed by atoms with E-state index in [9.17, 15) is 18.0 Å². The quantitative estimate of drug-likeness (QED) is 0.781. The van der Waals surface area contributed by atoms with Crippen molar-refractivity contribution >= 4 is 5.78 Å². The van der Waals surface area contributed by atoms with Gasteiger partial charge in [0.25, 0.3) is 0 Å². The molecule has 1 aliphatic rings. The molecule has 4 heteroatoms. The molecule has 0 fully saturated rings. The van der Waals surface area contributed by atoms with Crippen LogP contribution in [0, 0.1) is 0 Å². The molecule has 0 aliphatic heterocycles. The van der Waals surface area contributed by atoms with Gasteiger partial charge in [0.1, 0.15) is 0 Å². The second kappa shape index (κ2) is 4.96. The predicted molar refractivity (Wildman–Crippen MR) is 62.1 cm³/mol. The normalized spacial score (nSPS) is 16.6. The average Bonchev–Trinajstić information content (AvgIpc) is 2.28. The van der Waals surface area contributed by atoms with Gasteiger partial charge in [0.05, 0.1) is 5.56 Å². The van der Waals surface area contributed by atoms with E-state index in [0.717, 1.165) is 36.1 Å². The summed E-state index contributed by atoms with van der Waals surface area (Å²) in [5.41, 5.74) is 1.18. The average molecular weight is 254 g/mol. The van der Waals surface area contributed by atoms with Crippen molar-refractivity contribution in [3.63, 3.8) is 0 Å². The van der Waals surface area contributed by atoms with Gasteiger partial charge in [-0.1, -0.05) is 17.7 Å². The SMILES string of the molecule is O=C1C=C(Cc2ccc(C(F)(F)F)cc2)CCC1. The van der Waals surface area contributed by atoms with Gasteiger partial charge in [-0.25, -0.2) is 0 Å². The molecule has 1 nitrogen and oxygen atoms in total. The fourth-order valence-corrected chi connectivity index (χ4v) is 2.07. The first kappa shape index (κ1) is 12.9. The van der Waals surface area contributed by atoms with Crippen LogP contribution >= 0.6 is 0 Å². The lowest BCUT2D eigenvalue weighted by atomic mass is 9.93. The van der Waals surface area contributed by atoms with Gasteiger partial charge in [0.15, 0.2) is 5.78 Å². The van der Waals surface area contributed by atoms with Crippen LogP contribution in [0.2, 0.25) is 0 Å². The Morgan fingerprint density at radius 3 is 2.28 bits per heavy atom. The molecular formula is C14H13F3O. The van der Waals surface area contributed by atoms with E-state index in [1.165, 1.54) is 12.1 Å². The number of allylic oxidation sites excluding steroid dienone is 2. The maximum absolute atomic E-state index is 12.4. The zero-order chi connectivity index (χ0) is 13.2. The Balaban J connectivity index is 2.09. The van der Waals surface area contributed by atoms with Gasteiger partial charge >= 0.3 is 6.18 Å². The van der Waals surface area contributed by atoms with Gasteiger partial charge in [0, 0.05) is 6.42 Å². The van der Waals surface area contributed by atoms with E-state index in [1.54, 1.807) is 6.08 Å². The Bertz CT molecular complexity index is 469. The lowest BCUT2D eigenvalue weighted by Crippen LogP contribution is -2.06. The summed E-state index contributed by atoms with van der Waals surface area (Å²) >= 11 is 0. The molecule has 0 heterocycles. The first-order chi connectivity index (χ1) is 8.45. The van der Waals surface area contributed by atoms with Crippen LogP contribution in [0.25, 0.3) is 0 Å². The van der Waals surface area contributed by atoms with Crippen molar-refractivity contribution in [2.24, 2.45) is 0 Å². The van der Waals surface area contributed by atoms with Crippen molar-refractivity contribution < 1.29 is 18.0 Å². The summed E-state index contributed by atoms with van der Waals surface area (Å²) in [4.78, 5) is 11.2. The highest BCUT2D eigenvalue weighted by Crippen LogP contribution is 2.29. The third-order valence-corrected chi connectivity index (χ3v) is 3.00. The molecule has 0 bridgehead atoms. The van der Waals surface area contributed by atoms with E-state index in [-0.39, 0.29) is 5.78 Å². The maximum atomic E-state index is 12.4. The smallest absolute Gasteiger partial charge is 0.295 e. The first-order valence-corrected chi connectivity index (χ1v) is 5.83. The minimum absolute atomic E-state index is 0.114. The van der Waals surface area contributed by atoms with Crippen molar-refractivity contribution in [1.82, 2.24) is 0 Å². The Hall–Kier alpha value is -1.58. The largest absolute Gasteiger partial charge is 0.416 e. The van der Waals surface area contributed by atoms with Gasteiger partial charge in [-0.2, -0.15) is 13.2 Å². The molecule has 18 heavy (non-hydrogen) atoms. The minimum atomic E-state index is -4.29. The fourth-order valence-electron chi connectivity index (χ4n) is 2.07. The third-order valence-electron chi connectivity index (χ3n) is 3.00. The molecule has 0 saturated carbocycles. The van der Waals surface area contributed by atoms with E-state index in [4.69, 9.17) is 0 Å². The fraction of sp³-hybridized carbons (Fsp3) is 0.357. The first-order valence-electron chi connectivity index (χ1n) is 5.83. The van der Waals surface area contributed by atoms with Crippen molar-refractivity contribution in [1.29, 1.82) is 0 Å². The molecule has 1 aliphatic carbocycles. The highest BCUT2D eigenvalue weighted by molar-refractivity contribution is 5.91. The van der Waals surface area contributed by atoms with E-state index in [0.29, 0.717) is 12.8 Å². The summed E-state index contributed by atoms with van der Waals surface area (Å²) < 4.78 is 37.1. The molecule has 96 valence electrons. The molecule has 0 amide bonds. The predicted octanol–water partition coefficient (Wildman–Crippen LogP) is 3.93. The lowest BCUT2D eigenvalue weighted by molar-refractivity contribution is -0.137. The number of halogens is 3. The zero-order valence-electron chi connectivity index (χ0n) is 9.76. The van der Waals surface area contributed by atoms with Gasteiger partial charge in [0.2, 0.25) is 0 Å². The number of carbonyl (C=O) groups excluding carboxylic acids is 1. The molecule has 1 aromatic carbocycles. The second-order valence-corrected chi connectivity index (χ2v) is 4.49. The topological polar surface area (TPSA) is 17.1 Å². The van der Waals surface area contributed by atoms with Crippen molar-refractivity contribution in [2.45, 2.75) is 31.9 Å². The van der Waals surface area contributed by atoms with E-state index < -0.39 is 11.7 Å². The monoisotopic (exact) mass is 254 g/mol. The third kappa shape index (κ3) is 3.22. The van der Waals surface area contributed by atoms with Gasteiger partial charge < -0.3 is 0 Å². The number of hydrogen-bond acceptors (Lipinski definition) is 1. The van der Waals surface area contributed by atoms with Crippen LogP contribution in [0.5, 0.6) is 0 Å². The van der Waals surface area contributed by atoms with Crippen molar-refractivity contribution in [2.75, 3.05) is 0 Å². The Labute approximate surface area is 103 Å². The molecule has 2 rings (SSSR count). The number of carbonyl (C=O) groups is 1. The number of rotatable bonds is 2. The molecule has 0 radical (unpaired) electrons. The number of benzene rings is 1. The Kier molecular flexibility index (Phi) is 3.55. The standard InChI is InChI=1S/C14H13F3O/c15-14(16,17)12-6-4-10(5-7-12)8-11-2-1-3-13(18)9-11/h4-7,9H,1-3,8H2. The highest BCUT2D eigenvalue weighted by Gasteiger charge is 2.29. The van der Waals surface area contributed by atoms with Crippen molar-refractivity contribution in [3.8, 4) is 0 Å². The lowest BCUT2D eigenvalue weighted by Gasteiger charge is -2.12. The molecule has 0 atom stereocenters. The summed E-state index contributed by atoms with van der Waals surface area (Å²) in [6.07, 6.45) is 0.165. The van der Waals surface area contributed by atoms with Crippen LogP contribution in [0.15, 0.2) is 35.9 Å². The Morgan fingerprint density at radius 2 is 1.72 bits per heavy atom. The van der Waals surface area contributed by atoms with E-state index in [2.05, 4.69) is 0 Å². The van der Waals surface area contributed by atoms with Crippen molar-refractivity contribution in [3.05, 3.63) is 47.0 Å². The Morgan fingerprint density at radius 1 is 1.06 bits per heavy atom.